The Morgan fingerprint density at radius 2 is 2.05 bits per heavy atom. The number of aliphatic hydroxyl groups excluding tert-OH is 1. The molecule has 0 spiro atoms. The summed E-state index contributed by atoms with van der Waals surface area (Å²) in [6.07, 6.45) is 2.03. The summed E-state index contributed by atoms with van der Waals surface area (Å²) in [7, 11) is 0. The van der Waals surface area contributed by atoms with Crippen LogP contribution in [0.4, 0.5) is 5.69 Å². The van der Waals surface area contributed by atoms with Crippen LogP contribution in [0.2, 0.25) is 5.02 Å². The number of halogens is 1. The number of anilines is 1. The van der Waals surface area contributed by atoms with Crippen molar-refractivity contribution in [2.45, 2.75) is 44.8 Å². The minimum atomic E-state index is -0.557. The van der Waals surface area contributed by atoms with Crippen LogP contribution in [-0.4, -0.2) is 28.9 Å². The van der Waals surface area contributed by atoms with Crippen molar-refractivity contribution in [1.82, 2.24) is 0 Å². The van der Waals surface area contributed by atoms with E-state index in [1.165, 1.54) is 0 Å². The van der Waals surface area contributed by atoms with E-state index < -0.39 is 11.7 Å². The van der Waals surface area contributed by atoms with Gasteiger partial charge in [0.15, 0.2) is 0 Å². The maximum Gasteiger partial charge on any atom is 0.0776 e. The number of benzene rings is 1. The van der Waals surface area contributed by atoms with Gasteiger partial charge in [0.05, 0.1) is 11.7 Å². The van der Waals surface area contributed by atoms with Crippen LogP contribution in [0.25, 0.3) is 0 Å². The van der Waals surface area contributed by atoms with Crippen LogP contribution in [0.3, 0.4) is 0 Å². The van der Waals surface area contributed by atoms with Crippen molar-refractivity contribution in [2.24, 2.45) is 0 Å². The highest BCUT2D eigenvalue weighted by Crippen LogP contribution is 2.30. The third-order valence-electron chi connectivity index (χ3n) is 3.86. The van der Waals surface area contributed by atoms with Gasteiger partial charge in [-0.15, -0.1) is 0 Å². The minimum Gasteiger partial charge on any atom is -0.390 e. The largest absolute Gasteiger partial charge is 0.390 e. The zero-order valence-corrected chi connectivity index (χ0v) is 12.3. The van der Waals surface area contributed by atoms with E-state index in [9.17, 15) is 10.2 Å². The molecule has 1 aromatic carbocycles. The third kappa shape index (κ3) is 3.62. The van der Waals surface area contributed by atoms with E-state index in [1.54, 1.807) is 6.92 Å². The van der Waals surface area contributed by atoms with Crippen LogP contribution in [0, 0.1) is 0 Å². The van der Waals surface area contributed by atoms with Gasteiger partial charge < -0.3 is 15.1 Å². The maximum atomic E-state index is 10.1. The highest BCUT2D eigenvalue weighted by Gasteiger charge is 2.25. The quantitative estimate of drug-likeness (QED) is 0.876. The summed E-state index contributed by atoms with van der Waals surface area (Å²) >= 11 is 6.20. The average Bonchev–Trinajstić information content (AvgIpc) is 2.49. The van der Waals surface area contributed by atoms with Crippen molar-refractivity contribution < 1.29 is 10.2 Å². The lowest BCUT2D eigenvalue weighted by Gasteiger charge is -2.25. The second-order valence-corrected chi connectivity index (χ2v) is 6.13. The predicted octanol–water partition coefficient (Wildman–Crippen LogP) is 3.13. The molecule has 2 unspecified atom stereocenters. The molecule has 106 valence electrons. The summed E-state index contributed by atoms with van der Waals surface area (Å²) in [5.41, 5.74) is 1.26. The first kappa shape index (κ1) is 14.6. The lowest BCUT2D eigenvalue weighted by molar-refractivity contribution is 0.0481. The Labute approximate surface area is 119 Å². The average molecular weight is 284 g/mol. The van der Waals surface area contributed by atoms with E-state index in [0.717, 1.165) is 43.6 Å². The first-order valence-corrected chi connectivity index (χ1v) is 7.22. The molecule has 19 heavy (non-hydrogen) atoms. The van der Waals surface area contributed by atoms with Crippen LogP contribution in [0.1, 0.15) is 44.8 Å². The number of aliphatic hydroxyl groups is 2. The molecule has 2 rings (SSSR count). The molecule has 2 N–H and O–H groups in total. The molecule has 0 amide bonds. The van der Waals surface area contributed by atoms with Crippen molar-refractivity contribution in [1.29, 1.82) is 0 Å². The molecule has 0 aromatic heterocycles. The van der Waals surface area contributed by atoms with Crippen LogP contribution < -0.4 is 4.90 Å². The third-order valence-corrected chi connectivity index (χ3v) is 4.19. The Morgan fingerprint density at radius 3 is 2.68 bits per heavy atom. The van der Waals surface area contributed by atoms with Crippen LogP contribution in [0.15, 0.2) is 18.2 Å². The highest BCUT2D eigenvalue weighted by molar-refractivity contribution is 6.31. The van der Waals surface area contributed by atoms with Crippen LogP contribution in [0.5, 0.6) is 0 Å². The van der Waals surface area contributed by atoms with Crippen molar-refractivity contribution in [2.75, 3.05) is 18.0 Å². The first-order chi connectivity index (χ1) is 8.89. The zero-order chi connectivity index (χ0) is 14.0. The number of nitrogens with zero attached hydrogens (tertiary/aromatic N) is 1. The molecule has 3 nitrogen and oxygen atoms in total. The van der Waals surface area contributed by atoms with Gasteiger partial charge in [-0.25, -0.2) is 0 Å². The minimum absolute atomic E-state index is 0.550. The van der Waals surface area contributed by atoms with E-state index in [-0.39, 0.29) is 0 Å². The van der Waals surface area contributed by atoms with Gasteiger partial charge in [0.25, 0.3) is 0 Å². The highest BCUT2D eigenvalue weighted by atomic mass is 35.5. The van der Waals surface area contributed by atoms with E-state index in [1.807, 2.05) is 25.1 Å². The lowest BCUT2D eigenvalue weighted by Crippen LogP contribution is -2.28. The smallest absolute Gasteiger partial charge is 0.0776 e. The number of hydrogen-bond donors (Lipinski definition) is 2. The molecule has 1 heterocycles. The fourth-order valence-corrected chi connectivity index (χ4v) is 2.91. The fourth-order valence-electron chi connectivity index (χ4n) is 2.57. The van der Waals surface area contributed by atoms with Crippen LogP contribution >= 0.6 is 11.6 Å². The van der Waals surface area contributed by atoms with E-state index in [0.29, 0.717) is 5.02 Å². The van der Waals surface area contributed by atoms with Crippen molar-refractivity contribution in [3.8, 4) is 0 Å². The second-order valence-electron chi connectivity index (χ2n) is 5.72. The number of rotatable bonds is 2. The Hall–Kier alpha value is -0.770. The SMILES string of the molecule is CC(O)c1ccc(N2CCCC(C)(O)CC2)cc1Cl. The monoisotopic (exact) mass is 283 g/mol. The molecule has 1 saturated heterocycles. The molecule has 1 aromatic rings. The van der Waals surface area contributed by atoms with E-state index >= 15 is 0 Å². The molecule has 4 heteroatoms. The van der Waals surface area contributed by atoms with Gasteiger partial charge in [-0.2, -0.15) is 0 Å². The van der Waals surface area contributed by atoms with Gasteiger partial charge in [0.2, 0.25) is 0 Å². The molecule has 1 aliphatic rings. The zero-order valence-electron chi connectivity index (χ0n) is 11.6. The summed E-state index contributed by atoms with van der Waals surface area (Å²) in [5, 5.41) is 20.3. The standard InChI is InChI=1S/C15H22ClNO2/c1-11(18)13-5-4-12(10-14(13)16)17-8-3-6-15(2,19)7-9-17/h4-5,10-11,18-19H,3,6-9H2,1-2H3. The van der Waals surface area contributed by atoms with Gasteiger partial charge in [-0.1, -0.05) is 17.7 Å². The predicted molar refractivity (Wildman–Crippen MR) is 78.8 cm³/mol. The molecule has 0 aliphatic carbocycles. The van der Waals surface area contributed by atoms with Gasteiger partial charge >= 0.3 is 0 Å². The molecule has 0 bridgehead atoms. The Balaban J connectivity index is 2.16. The Morgan fingerprint density at radius 1 is 1.32 bits per heavy atom. The molecular weight excluding hydrogens is 262 g/mol. The number of hydrogen-bond acceptors (Lipinski definition) is 3. The summed E-state index contributed by atoms with van der Waals surface area (Å²) in [6.45, 7) is 5.38. The Kier molecular flexibility index (Phi) is 4.39. The fraction of sp³-hybridized carbons (Fsp3) is 0.600. The molecule has 1 aliphatic heterocycles. The topological polar surface area (TPSA) is 43.7 Å². The maximum absolute atomic E-state index is 10.1. The van der Waals surface area contributed by atoms with Crippen LogP contribution in [-0.2, 0) is 0 Å². The second kappa shape index (κ2) is 5.70. The van der Waals surface area contributed by atoms with E-state index in [2.05, 4.69) is 4.90 Å². The van der Waals surface area contributed by atoms with Crippen molar-refractivity contribution in [3.05, 3.63) is 28.8 Å². The lowest BCUT2D eigenvalue weighted by atomic mass is 9.98. The normalized spacial score (nSPS) is 26.1. The summed E-state index contributed by atoms with van der Waals surface area (Å²) < 4.78 is 0. The molecule has 2 atom stereocenters. The van der Waals surface area contributed by atoms with Gasteiger partial charge in [-0.05, 0) is 50.8 Å². The summed E-state index contributed by atoms with van der Waals surface area (Å²) in [4.78, 5) is 2.25. The summed E-state index contributed by atoms with van der Waals surface area (Å²) in [6, 6.07) is 5.78. The van der Waals surface area contributed by atoms with Gasteiger partial charge in [0, 0.05) is 23.8 Å². The Bertz CT molecular complexity index is 446. The van der Waals surface area contributed by atoms with Crippen molar-refractivity contribution in [3.63, 3.8) is 0 Å². The molecular formula is C15H22ClNO2. The van der Waals surface area contributed by atoms with Gasteiger partial charge in [-0.3, -0.25) is 0 Å². The van der Waals surface area contributed by atoms with E-state index in [4.69, 9.17) is 11.6 Å². The van der Waals surface area contributed by atoms with Crippen molar-refractivity contribution >= 4 is 17.3 Å². The summed E-state index contributed by atoms with van der Waals surface area (Å²) in [5.74, 6) is 0. The molecule has 1 fully saturated rings. The first-order valence-electron chi connectivity index (χ1n) is 6.84. The molecule has 0 radical (unpaired) electrons. The van der Waals surface area contributed by atoms with Gasteiger partial charge in [0.1, 0.15) is 0 Å². The molecule has 0 saturated carbocycles.